The fourth-order valence-corrected chi connectivity index (χ4v) is 3.90. The molecule has 1 atom stereocenters. The Balaban J connectivity index is 1.90. The van der Waals surface area contributed by atoms with E-state index in [9.17, 15) is 0 Å². The highest BCUT2D eigenvalue weighted by molar-refractivity contribution is 7.99. The SMILES string of the molecule is CCCC(CCN)Nc1nc(N)ncc1SCCCc1ccc(CC)cc1. The topological polar surface area (TPSA) is 89.8 Å². The quantitative estimate of drug-likeness (QED) is 0.372. The van der Waals surface area contributed by atoms with Gasteiger partial charge < -0.3 is 16.8 Å². The van der Waals surface area contributed by atoms with E-state index >= 15 is 0 Å². The van der Waals surface area contributed by atoms with Crippen LogP contribution in [0.5, 0.6) is 0 Å². The van der Waals surface area contributed by atoms with Crippen LogP contribution in [0.2, 0.25) is 0 Å². The molecular weight excluding hydrogens is 354 g/mol. The van der Waals surface area contributed by atoms with Gasteiger partial charge in [-0.2, -0.15) is 4.98 Å². The number of nitrogens with one attached hydrogen (secondary N) is 1. The van der Waals surface area contributed by atoms with Crippen LogP contribution >= 0.6 is 11.8 Å². The number of rotatable bonds is 12. The summed E-state index contributed by atoms with van der Waals surface area (Å²) in [6.07, 6.45) is 8.22. The largest absolute Gasteiger partial charge is 0.368 e. The maximum Gasteiger partial charge on any atom is 0.221 e. The number of hydrogen-bond acceptors (Lipinski definition) is 6. The smallest absolute Gasteiger partial charge is 0.221 e. The van der Waals surface area contributed by atoms with Gasteiger partial charge in [-0.15, -0.1) is 11.8 Å². The van der Waals surface area contributed by atoms with Crippen LogP contribution in [-0.2, 0) is 12.8 Å². The molecule has 2 rings (SSSR count). The third kappa shape index (κ3) is 7.39. The van der Waals surface area contributed by atoms with Crippen LogP contribution in [0.15, 0.2) is 35.4 Å². The summed E-state index contributed by atoms with van der Waals surface area (Å²) in [4.78, 5) is 9.66. The number of benzene rings is 1. The molecule has 0 saturated carbocycles. The maximum atomic E-state index is 5.81. The van der Waals surface area contributed by atoms with Crippen LogP contribution in [-0.4, -0.2) is 28.3 Å². The second-order valence-electron chi connectivity index (χ2n) is 6.77. The second kappa shape index (κ2) is 11.8. The van der Waals surface area contributed by atoms with Gasteiger partial charge in [0.25, 0.3) is 0 Å². The standard InChI is InChI=1S/C21H33N5S/c1-3-6-18(12-13-22)25-20-19(15-24-21(23)26-20)27-14-5-7-17-10-8-16(4-2)9-11-17/h8-11,15,18H,3-7,12-14,22H2,1-2H3,(H3,23,24,25,26). The molecular formula is C21H33N5S. The van der Waals surface area contributed by atoms with Crippen LogP contribution in [0.4, 0.5) is 11.8 Å². The summed E-state index contributed by atoms with van der Waals surface area (Å²) in [5.41, 5.74) is 14.3. The number of aryl methyl sites for hydroxylation is 2. The molecule has 1 unspecified atom stereocenters. The molecule has 2 aromatic rings. The average molecular weight is 388 g/mol. The summed E-state index contributed by atoms with van der Waals surface area (Å²) in [5, 5.41) is 3.53. The second-order valence-corrected chi connectivity index (χ2v) is 7.91. The van der Waals surface area contributed by atoms with Crippen LogP contribution < -0.4 is 16.8 Å². The highest BCUT2D eigenvalue weighted by Crippen LogP contribution is 2.27. The number of aromatic nitrogens is 2. The molecule has 6 heteroatoms. The third-order valence-electron chi connectivity index (χ3n) is 4.57. The molecule has 0 aliphatic heterocycles. The lowest BCUT2D eigenvalue weighted by Crippen LogP contribution is -2.24. The molecule has 1 aromatic heterocycles. The van der Waals surface area contributed by atoms with E-state index in [4.69, 9.17) is 11.5 Å². The molecule has 1 aromatic carbocycles. The average Bonchev–Trinajstić information content (AvgIpc) is 2.67. The Kier molecular flexibility index (Phi) is 9.42. The normalized spacial score (nSPS) is 12.1. The fourth-order valence-electron chi connectivity index (χ4n) is 3.03. The van der Waals surface area contributed by atoms with Gasteiger partial charge >= 0.3 is 0 Å². The number of hydrogen-bond donors (Lipinski definition) is 3. The van der Waals surface area contributed by atoms with Crippen molar-refractivity contribution >= 4 is 23.5 Å². The minimum absolute atomic E-state index is 0.306. The monoisotopic (exact) mass is 387 g/mol. The molecule has 5 nitrogen and oxygen atoms in total. The van der Waals surface area contributed by atoms with Gasteiger partial charge in [0.2, 0.25) is 5.95 Å². The van der Waals surface area contributed by atoms with E-state index in [1.165, 1.54) is 11.1 Å². The van der Waals surface area contributed by atoms with E-state index in [1.54, 1.807) is 11.8 Å². The lowest BCUT2D eigenvalue weighted by molar-refractivity contribution is 0.598. The van der Waals surface area contributed by atoms with Gasteiger partial charge in [0.15, 0.2) is 0 Å². The Labute approximate surface area is 167 Å². The van der Waals surface area contributed by atoms with E-state index in [0.29, 0.717) is 18.5 Å². The van der Waals surface area contributed by atoms with Crippen molar-refractivity contribution in [1.29, 1.82) is 0 Å². The molecule has 0 amide bonds. The van der Waals surface area contributed by atoms with E-state index < -0.39 is 0 Å². The van der Waals surface area contributed by atoms with E-state index in [-0.39, 0.29) is 0 Å². The van der Waals surface area contributed by atoms with Crippen molar-refractivity contribution in [3.05, 3.63) is 41.6 Å². The minimum atomic E-state index is 0.306. The third-order valence-corrected chi connectivity index (χ3v) is 5.67. The first-order valence-electron chi connectivity index (χ1n) is 9.96. The Morgan fingerprint density at radius 2 is 1.85 bits per heavy atom. The van der Waals surface area contributed by atoms with Crippen LogP contribution in [0.3, 0.4) is 0 Å². The first-order valence-corrected chi connectivity index (χ1v) is 10.9. The first kappa shape index (κ1) is 21.5. The molecule has 1 heterocycles. The fraction of sp³-hybridized carbons (Fsp3) is 0.524. The summed E-state index contributed by atoms with van der Waals surface area (Å²) < 4.78 is 0. The molecule has 0 aliphatic carbocycles. The summed E-state index contributed by atoms with van der Waals surface area (Å²) in [5.74, 6) is 2.17. The van der Waals surface area contributed by atoms with E-state index in [1.807, 2.05) is 6.20 Å². The van der Waals surface area contributed by atoms with Gasteiger partial charge in [0.05, 0.1) is 4.90 Å². The van der Waals surface area contributed by atoms with Gasteiger partial charge in [0.1, 0.15) is 5.82 Å². The number of thioether (sulfide) groups is 1. The van der Waals surface area contributed by atoms with Crippen molar-refractivity contribution in [2.24, 2.45) is 5.73 Å². The van der Waals surface area contributed by atoms with Crippen LogP contribution in [0.1, 0.15) is 50.7 Å². The number of nitrogens with two attached hydrogens (primary N) is 2. The summed E-state index contributed by atoms with van der Waals surface area (Å²) in [7, 11) is 0. The molecule has 0 radical (unpaired) electrons. The van der Waals surface area contributed by atoms with Crippen molar-refractivity contribution in [2.45, 2.75) is 63.3 Å². The summed E-state index contributed by atoms with van der Waals surface area (Å²) >= 11 is 1.79. The van der Waals surface area contributed by atoms with Crippen molar-refractivity contribution < 1.29 is 0 Å². The van der Waals surface area contributed by atoms with Crippen LogP contribution in [0, 0.1) is 0 Å². The predicted octanol–water partition coefficient (Wildman–Crippen LogP) is 4.28. The van der Waals surface area contributed by atoms with Crippen molar-refractivity contribution in [3.8, 4) is 0 Å². The van der Waals surface area contributed by atoms with Gasteiger partial charge in [0, 0.05) is 12.2 Å². The summed E-state index contributed by atoms with van der Waals surface area (Å²) in [6, 6.07) is 9.26. The maximum absolute atomic E-state index is 5.81. The minimum Gasteiger partial charge on any atom is -0.368 e. The molecule has 0 aliphatic rings. The van der Waals surface area contributed by atoms with Gasteiger partial charge in [-0.1, -0.05) is 44.5 Å². The Morgan fingerprint density at radius 3 is 2.52 bits per heavy atom. The van der Waals surface area contributed by atoms with Crippen molar-refractivity contribution in [3.63, 3.8) is 0 Å². The van der Waals surface area contributed by atoms with Crippen molar-refractivity contribution in [1.82, 2.24) is 9.97 Å². The zero-order valence-corrected chi connectivity index (χ0v) is 17.4. The van der Waals surface area contributed by atoms with E-state index in [0.717, 1.165) is 55.0 Å². The Hall–Kier alpha value is -1.79. The number of nitrogen functional groups attached to an aromatic ring is 1. The Bertz CT molecular complexity index is 669. The lowest BCUT2D eigenvalue weighted by Gasteiger charge is -2.19. The van der Waals surface area contributed by atoms with Gasteiger partial charge in [-0.05, 0) is 55.5 Å². The molecule has 0 spiro atoms. The predicted molar refractivity (Wildman–Crippen MR) is 117 cm³/mol. The molecule has 5 N–H and O–H groups in total. The first-order chi connectivity index (χ1) is 13.2. The number of anilines is 2. The van der Waals surface area contributed by atoms with Crippen molar-refractivity contribution in [2.75, 3.05) is 23.3 Å². The highest BCUT2D eigenvalue weighted by Gasteiger charge is 2.12. The zero-order chi connectivity index (χ0) is 19.5. The van der Waals surface area contributed by atoms with Crippen LogP contribution in [0.25, 0.3) is 0 Å². The molecule has 27 heavy (non-hydrogen) atoms. The molecule has 0 bridgehead atoms. The lowest BCUT2D eigenvalue weighted by atomic mass is 10.1. The molecule has 148 valence electrons. The highest BCUT2D eigenvalue weighted by atomic mass is 32.2. The van der Waals surface area contributed by atoms with Gasteiger partial charge in [-0.3, -0.25) is 0 Å². The van der Waals surface area contributed by atoms with E-state index in [2.05, 4.69) is 53.4 Å². The number of nitrogens with zero attached hydrogens (tertiary/aromatic N) is 2. The zero-order valence-electron chi connectivity index (χ0n) is 16.6. The Morgan fingerprint density at radius 1 is 1.11 bits per heavy atom. The molecule has 0 fully saturated rings. The van der Waals surface area contributed by atoms with Gasteiger partial charge in [-0.25, -0.2) is 4.98 Å². The molecule has 0 saturated heterocycles. The summed E-state index contributed by atoms with van der Waals surface area (Å²) in [6.45, 7) is 5.03.